The van der Waals surface area contributed by atoms with E-state index in [0.29, 0.717) is 18.2 Å². The van der Waals surface area contributed by atoms with Crippen molar-refractivity contribution >= 4 is 17.2 Å². The fourth-order valence-corrected chi connectivity index (χ4v) is 3.60. The molecule has 1 amide bonds. The Balaban J connectivity index is 1.51. The Morgan fingerprint density at radius 2 is 2.26 bits per heavy atom. The average molecular weight is 335 g/mol. The van der Waals surface area contributed by atoms with Crippen LogP contribution < -0.4 is 5.32 Å². The van der Waals surface area contributed by atoms with Gasteiger partial charge in [-0.2, -0.15) is 0 Å². The van der Waals surface area contributed by atoms with E-state index in [1.54, 1.807) is 11.3 Å². The van der Waals surface area contributed by atoms with Gasteiger partial charge in [0.1, 0.15) is 12.4 Å². The Morgan fingerprint density at radius 1 is 1.48 bits per heavy atom. The maximum Gasteiger partial charge on any atom is 0.226 e. The first-order chi connectivity index (χ1) is 11.1. The molecule has 2 heterocycles. The summed E-state index contributed by atoms with van der Waals surface area (Å²) >= 11 is 1.56. The Labute approximate surface area is 138 Å². The monoisotopic (exact) mass is 335 g/mol. The topological polar surface area (TPSA) is 92.9 Å². The number of aromatic nitrogens is 4. The number of hydrogen-bond acceptors (Lipinski definition) is 6. The molecule has 0 bridgehead atoms. The molecule has 2 N–H and O–H groups in total. The van der Waals surface area contributed by atoms with Crippen LogP contribution in [0, 0.1) is 6.92 Å². The second-order valence-corrected chi connectivity index (χ2v) is 6.91. The molecule has 0 unspecified atom stereocenters. The van der Waals surface area contributed by atoms with Crippen molar-refractivity contribution in [2.24, 2.45) is 0 Å². The Morgan fingerprint density at radius 3 is 2.87 bits per heavy atom. The average Bonchev–Trinajstić information content (AvgIpc) is 3.07. The van der Waals surface area contributed by atoms with E-state index >= 15 is 0 Å². The Kier molecular flexibility index (Phi) is 4.72. The van der Waals surface area contributed by atoms with Crippen molar-refractivity contribution in [3.05, 3.63) is 27.7 Å². The van der Waals surface area contributed by atoms with Crippen molar-refractivity contribution in [2.75, 3.05) is 0 Å². The molecule has 1 fully saturated rings. The first-order valence-corrected chi connectivity index (χ1v) is 8.71. The predicted molar refractivity (Wildman–Crippen MR) is 86.1 cm³/mol. The highest BCUT2D eigenvalue weighted by Gasteiger charge is 2.35. The van der Waals surface area contributed by atoms with E-state index in [1.807, 2.05) is 23.8 Å². The van der Waals surface area contributed by atoms with E-state index in [2.05, 4.69) is 20.5 Å². The SMILES string of the molecule is CCn1c(CO)nnc1C1CC(NC(=O)Cc2csc(C)n2)C1. The van der Waals surface area contributed by atoms with Gasteiger partial charge in [0, 0.05) is 23.9 Å². The molecular weight excluding hydrogens is 314 g/mol. The molecule has 8 heteroatoms. The summed E-state index contributed by atoms with van der Waals surface area (Å²) < 4.78 is 1.96. The fourth-order valence-electron chi connectivity index (χ4n) is 2.99. The summed E-state index contributed by atoms with van der Waals surface area (Å²) in [5.41, 5.74) is 0.833. The Hall–Kier alpha value is -1.80. The first kappa shape index (κ1) is 16.1. The van der Waals surface area contributed by atoms with Gasteiger partial charge in [-0.25, -0.2) is 4.98 Å². The molecule has 2 aromatic rings. The minimum Gasteiger partial charge on any atom is -0.388 e. The molecular formula is C15H21N5O2S. The number of aliphatic hydroxyl groups is 1. The van der Waals surface area contributed by atoms with Gasteiger partial charge < -0.3 is 15.0 Å². The lowest BCUT2D eigenvalue weighted by molar-refractivity contribution is -0.121. The second-order valence-electron chi connectivity index (χ2n) is 5.84. The van der Waals surface area contributed by atoms with Crippen LogP contribution in [-0.2, 0) is 24.4 Å². The molecule has 0 atom stereocenters. The largest absolute Gasteiger partial charge is 0.388 e. The zero-order chi connectivity index (χ0) is 16.4. The Bertz CT molecular complexity index is 690. The number of aliphatic hydroxyl groups excluding tert-OH is 1. The van der Waals surface area contributed by atoms with Crippen molar-refractivity contribution in [1.82, 2.24) is 25.1 Å². The van der Waals surface area contributed by atoms with Gasteiger partial charge in [0.05, 0.1) is 17.1 Å². The van der Waals surface area contributed by atoms with Crippen molar-refractivity contribution in [2.45, 2.75) is 58.2 Å². The predicted octanol–water partition coefficient (Wildman–Crippen LogP) is 1.16. The zero-order valence-corrected chi connectivity index (χ0v) is 14.1. The van der Waals surface area contributed by atoms with Crippen LogP contribution in [0.1, 0.15) is 48.0 Å². The van der Waals surface area contributed by atoms with E-state index in [1.165, 1.54) is 0 Å². The molecule has 0 aliphatic heterocycles. The first-order valence-electron chi connectivity index (χ1n) is 7.83. The van der Waals surface area contributed by atoms with E-state index in [-0.39, 0.29) is 18.6 Å². The number of hydrogen-bond donors (Lipinski definition) is 2. The molecule has 0 radical (unpaired) electrons. The van der Waals surface area contributed by atoms with Crippen LogP contribution in [0.4, 0.5) is 0 Å². The standard InChI is InChI=1S/C15H21N5O2S/c1-3-20-13(7-21)18-19-15(20)10-4-11(5-10)17-14(22)6-12-8-23-9(2)16-12/h8,10-11,21H,3-7H2,1-2H3,(H,17,22). The van der Waals surface area contributed by atoms with Gasteiger partial charge in [-0.1, -0.05) is 0 Å². The van der Waals surface area contributed by atoms with E-state index < -0.39 is 0 Å². The number of amides is 1. The van der Waals surface area contributed by atoms with E-state index in [4.69, 9.17) is 0 Å². The van der Waals surface area contributed by atoms with Crippen molar-refractivity contribution in [1.29, 1.82) is 0 Å². The molecule has 0 aromatic carbocycles. The van der Waals surface area contributed by atoms with Crippen molar-refractivity contribution < 1.29 is 9.90 Å². The molecule has 2 aromatic heterocycles. The van der Waals surface area contributed by atoms with Crippen molar-refractivity contribution in [3.63, 3.8) is 0 Å². The number of thiazole rings is 1. The minimum absolute atomic E-state index is 0.0201. The third-order valence-electron chi connectivity index (χ3n) is 4.19. The summed E-state index contributed by atoms with van der Waals surface area (Å²) in [6.07, 6.45) is 2.07. The smallest absolute Gasteiger partial charge is 0.226 e. The number of nitrogens with one attached hydrogen (secondary N) is 1. The summed E-state index contributed by atoms with van der Waals surface area (Å²) in [5, 5.41) is 23.4. The molecule has 23 heavy (non-hydrogen) atoms. The molecule has 1 saturated carbocycles. The summed E-state index contributed by atoms with van der Waals surface area (Å²) in [5.74, 6) is 1.84. The molecule has 0 spiro atoms. The van der Waals surface area contributed by atoms with Gasteiger partial charge in [-0.05, 0) is 26.7 Å². The molecule has 124 valence electrons. The minimum atomic E-state index is -0.0964. The maximum atomic E-state index is 12.0. The zero-order valence-electron chi connectivity index (χ0n) is 13.3. The number of aryl methyl sites for hydroxylation is 1. The lowest BCUT2D eigenvalue weighted by atomic mass is 9.79. The maximum absolute atomic E-state index is 12.0. The van der Waals surface area contributed by atoms with Crippen LogP contribution in [0.2, 0.25) is 0 Å². The number of rotatable bonds is 6. The number of carbonyl (C=O) groups excluding carboxylic acids is 1. The highest BCUT2D eigenvalue weighted by atomic mass is 32.1. The summed E-state index contributed by atoms with van der Waals surface area (Å²) in [6, 6.07) is 0.187. The highest BCUT2D eigenvalue weighted by molar-refractivity contribution is 7.09. The third-order valence-corrected chi connectivity index (χ3v) is 5.01. The number of carbonyl (C=O) groups is 1. The van der Waals surface area contributed by atoms with Crippen molar-refractivity contribution in [3.8, 4) is 0 Å². The highest BCUT2D eigenvalue weighted by Crippen LogP contribution is 2.36. The summed E-state index contributed by atoms with van der Waals surface area (Å²) in [6.45, 7) is 4.60. The fraction of sp³-hybridized carbons (Fsp3) is 0.600. The number of nitrogens with zero attached hydrogens (tertiary/aromatic N) is 4. The van der Waals surface area contributed by atoms with Gasteiger partial charge in [-0.3, -0.25) is 4.79 Å². The van der Waals surface area contributed by atoms with Crippen LogP contribution in [0.5, 0.6) is 0 Å². The third kappa shape index (κ3) is 3.42. The van der Waals surface area contributed by atoms with Crippen LogP contribution in [0.3, 0.4) is 0 Å². The lowest BCUT2D eigenvalue weighted by Crippen LogP contribution is -2.44. The molecule has 7 nitrogen and oxygen atoms in total. The summed E-state index contributed by atoms with van der Waals surface area (Å²) in [4.78, 5) is 16.3. The molecule has 1 aliphatic carbocycles. The lowest BCUT2D eigenvalue weighted by Gasteiger charge is -2.35. The molecule has 1 aliphatic rings. The summed E-state index contributed by atoms with van der Waals surface area (Å²) in [7, 11) is 0. The van der Waals surface area contributed by atoms with Gasteiger partial charge in [0.25, 0.3) is 0 Å². The second kappa shape index (κ2) is 6.76. The van der Waals surface area contributed by atoms with Gasteiger partial charge in [-0.15, -0.1) is 21.5 Å². The van der Waals surface area contributed by atoms with Crippen LogP contribution in [0.15, 0.2) is 5.38 Å². The molecule has 3 rings (SSSR count). The van der Waals surface area contributed by atoms with Gasteiger partial charge in [0.2, 0.25) is 5.91 Å². The van der Waals surface area contributed by atoms with Gasteiger partial charge >= 0.3 is 0 Å². The van der Waals surface area contributed by atoms with Crippen LogP contribution in [-0.4, -0.2) is 36.8 Å². The van der Waals surface area contributed by atoms with E-state index in [0.717, 1.165) is 35.9 Å². The van der Waals surface area contributed by atoms with Crippen LogP contribution >= 0.6 is 11.3 Å². The van der Waals surface area contributed by atoms with Gasteiger partial charge in [0.15, 0.2) is 5.82 Å². The molecule has 0 saturated heterocycles. The van der Waals surface area contributed by atoms with Crippen LogP contribution in [0.25, 0.3) is 0 Å². The van der Waals surface area contributed by atoms with E-state index in [9.17, 15) is 9.90 Å². The normalized spacial score (nSPS) is 20.3. The quantitative estimate of drug-likeness (QED) is 0.826.